The van der Waals surface area contributed by atoms with E-state index in [4.69, 9.17) is 11.6 Å². The minimum absolute atomic E-state index is 0.0788. The van der Waals surface area contributed by atoms with E-state index in [9.17, 15) is 13.2 Å². The average Bonchev–Trinajstić information content (AvgIpc) is 2.67. The van der Waals surface area contributed by atoms with Crippen molar-refractivity contribution in [3.05, 3.63) is 70.7 Å². The average molecular weight is 393 g/mol. The molecule has 0 aromatic heterocycles. The van der Waals surface area contributed by atoms with Gasteiger partial charge in [0.15, 0.2) is 0 Å². The lowest BCUT2D eigenvalue weighted by atomic mass is 10.2. The van der Waals surface area contributed by atoms with Crippen LogP contribution in [0.15, 0.2) is 54.6 Å². The molecular weight excluding hydrogens is 372 g/mol. The molecular formula is C19H21ClN2O3S. The number of nitrogens with zero attached hydrogens (tertiary/aromatic N) is 2. The SMILES string of the molecule is O=C(c1ccccc1Cl)N1CCN(S(=O)(=O)CCc2ccccc2)CC1. The van der Waals surface area contributed by atoms with Crippen molar-refractivity contribution in [1.29, 1.82) is 0 Å². The zero-order chi connectivity index (χ0) is 18.6. The second-order valence-corrected chi connectivity index (χ2v) is 8.72. The highest BCUT2D eigenvalue weighted by Gasteiger charge is 2.29. The number of sulfonamides is 1. The number of amides is 1. The van der Waals surface area contributed by atoms with Gasteiger partial charge in [-0.2, -0.15) is 4.31 Å². The summed E-state index contributed by atoms with van der Waals surface area (Å²) < 4.78 is 26.6. The molecule has 0 N–H and O–H groups in total. The van der Waals surface area contributed by atoms with Crippen LogP contribution >= 0.6 is 11.6 Å². The van der Waals surface area contributed by atoms with Crippen LogP contribution in [0.25, 0.3) is 0 Å². The van der Waals surface area contributed by atoms with Gasteiger partial charge in [-0.25, -0.2) is 8.42 Å². The lowest BCUT2D eigenvalue weighted by molar-refractivity contribution is 0.0698. The van der Waals surface area contributed by atoms with Crippen molar-refractivity contribution < 1.29 is 13.2 Å². The molecule has 3 rings (SSSR count). The van der Waals surface area contributed by atoms with E-state index in [0.29, 0.717) is 43.2 Å². The molecule has 2 aromatic carbocycles. The van der Waals surface area contributed by atoms with Crippen molar-refractivity contribution in [1.82, 2.24) is 9.21 Å². The molecule has 26 heavy (non-hydrogen) atoms. The molecule has 2 aromatic rings. The van der Waals surface area contributed by atoms with Crippen LogP contribution in [0.2, 0.25) is 5.02 Å². The minimum Gasteiger partial charge on any atom is -0.336 e. The standard InChI is InChI=1S/C19H21ClN2O3S/c20-18-9-5-4-8-17(18)19(23)21-11-13-22(14-12-21)26(24,25)15-10-16-6-2-1-3-7-16/h1-9H,10-15H2. The Kier molecular flexibility index (Phi) is 5.96. The number of benzene rings is 2. The Morgan fingerprint density at radius 1 is 0.923 bits per heavy atom. The molecule has 5 nitrogen and oxygen atoms in total. The molecule has 7 heteroatoms. The number of rotatable bonds is 5. The van der Waals surface area contributed by atoms with Crippen LogP contribution < -0.4 is 0 Å². The Hall–Kier alpha value is -1.89. The second-order valence-electron chi connectivity index (χ2n) is 6.22. The zero-order valence-electron chi connectivity index (χ0n) is 14.3. The summed E-state index contributed by atoms with van der Waals surface area (Å²) in [6.07, 6.45) is 0.488. The van der Waals surface area contributed by atoms with Gasteiger partial charge in [-0.15, -0.1) is 0 Å². The highest BCUT2D eigenvalue weighted by Crippen LogP contribution is 2.19. The summed E-state index contributed by atoms with van der Waals surface area (Å²) in [6, 6.07) is 16.5. The van der Waals surface area contributed by atoms with Gasteiger partial charge in [0.25, 0.3) is 5.91 Å². The van der Waals surface area contributed by atoms with Crippen LogP contribution in [0, 0.1) is 0 Å². The van der Waals surface area contributed by atoms with E-state index in [0.717, 1.165) is 5.56 Å². The Balaban J connectivity index is 1.57. The first-order valence-electron chi connectivity index (χ1n) is 8.53. The Labute approximate surface area is 159 Å². The van der Waals surface area contributed by atoms with Gasteiger partial charge < -0.3 is 4.90 Å². The summed E-state index contributed by atoms with van der Waals surface area (Å²) in [5, 5.41) is 0.412. The molecule has 1 aliphatic heterocycles. The Morgan fingerprint density at radius 3 is 2.19 bits per heavy atom. The maximum Gasteiger partial charge on any atom is 0.255 e. The fourth-order valence-electron chi connectivity index (χ4n) is 2.99. The number of hydrogen-bond donors (Lipinski definition) is 0. The second kappa shape index (κ2) is 8.20. The maximum atomic E-state index is 12.6. The monoisotopic (exact) mass is 392 g/mol. The van der Waals surface area contributed by atoms with Gasteiger partial charge in [0.05, 0.1) is 16.3 Å². The molecule has 0 bridgehead atoms. The predicted octanol–water partition coefficient (Wildman–Crippen LogP) is 2.67. The number of aryl methyl sites for hydroxylation is 1. The highest BCUT2D eigenvalue weighted by atomic mass is 35.5. The van der Waals surface area contributed by atoms with Crippen LogP contribution in [0.3, 0.4) is 0 Å². The topological polar surface area (TPSA) is 57.7 Å². The summed E-state index contributed by atoms with van der Waals surface area (Å²) in [5.41, 5.74) is 1.46. The van der Waals surface area contributed by atoms with Gasteiger partial charge in [0.1, 0.15) is 0 Å². The van der Waals surface area contributed by atoms with Crippen LogP contribution in [0.5, 0.6) is 0 Å². The zero-order valence-corrected chi connectivity index (χ0v) is 15.9. The molecule has 1 fully saturated rings. The third kappa shape index (κ3) is 4.44. The largest absolute Gasteiger partial charge is 0.336 e. The van der Waals surface area contributed by atoms with Gasteiger partial charge >= 0.3 is 0 Å². The third-order valence-electron chi connectivity index (χ3n) is 4.52. The number of carbonyl (C=O) groups is 1. The van der Waals surface area contributed by atoms with E-state index in [1.165, 1.54) is 4.31 Å². The highest BCUT2D eigenvalue weighted by molar-refractivity contribution is 7.89. The van der Waals surface area contributed by atoms with Gasteiger partial charge in [0, 0.05) is 26.2 Å². The summed E-state index contributed by atoms with van der Waals surface area (Å²) in [4.78, 5) is 14.2. The molecule has 1 aliphatic rings. The van der Waals surface area contributed by atoms with E-state index < -0.39 is 10.0 Å². The number of piperazine rings is 1. The van der Waals surface area contributed by atoms with Crippen molar-refractivity contribution in [3.8, 4) is 0 Å². The molecule has 1 amide bonds. The molecule has 1 saturated heterocycles. The fraction of sp³-hybridized carbons (Fsp3) is 0.316. The number of carbonyl (C=O) groups excluding carboxylic acids is 1. The van der Waals surface area contributed by atoms with E-state index >= 15 is 0 Å². The van der Waals surface area contributed by atoms with Crippen LogP contribution in [-0.2, 0) is 16.4 Å². The van der Waals surface area contributed by atoms with Crippen molar-refractivity contribution in [2.24, 2.45) is 0 Å². The van der Waals surface area contributed by atoms with Crippen LogP contribution in [0.4, 0.5) is 0 Å². The quantitative estimate of drug-likeness (QED) is 0.786. The first kappa shape index (κ1) is 18.9. The summed E-state index contributed by atoms with van der Waals surface area (Å²) in [5.74, 6) is -0.0768. The van der Waals surface area contributed by atoms with Crippen molar-refractivity contribution in [2.75, 3.05) is 31.9 Å². The Bertz CT molecular complexity index is 863. The van der Waals surface area contributed by atoms with Crippen molar-refractivity contribution >= 4 is 27.5 Å². The normalized spacial score (nSPS) is 15.8. The smallest absolute Gasteiger partial charge is 0.255 e. The molecule has 138 valence electrons. The van der Waals surface area contributed by atoms with Crippen molar-refractivity contribution in [3.63, 3.8) is 0 Å². The summed E-state index contributed by atoms with van der Waals surface area (Å²) in [7, 11) is -3.33. The predicted molar refractivity (Wildman–Crippen MR) is 103 cm³/mol. The van der Waals surface area contributed by atoms with Gasteiger partial charge in [-0.3, -0.25) is 4.79 Å². The van der Waals surface area contributed by atoms with E-state index in [1.807, 2.05) is 30.3 Å². The number of hydrogen-bond acceptors (Lipinski definition) is 3. The van der Waals surface area contributed by atoms with E-state index in [1.54, 1.807) is 29.2 Å². The Morgan fingerprint density at radius 2 is 1.54 bits per heavy atom. The molecule has 0 aliphatic carbocycles. The lowest BCUT2D eigenvalue weighted by Crippen LogP contribution is -2.51. The minimum atomic E-state index is -3.33. The fourth-order valence-corrected chi connectivity index (χ4v) is 4.68. The van der Waals surface area contributed by atoms with E-state index in [-0.39, 0.29) is 11.7 Å². The van der Waals surface area contributed by atoms with Gasteiger partial charge in [-0.05, 0) is 24.1 Å². The van der Waals surface area contributed by atoms with Crippen molar-refractivity contribution in [2.45, 2.75) is 6.42 Å². The first-order valence-corrected chi connectivity index (χ1v) is 10.5. The molecule has 0 atom stereocenters. The maximum absolute atomic E-state index is 12.6. The molecule has 1 heterocycles. The van der Waals surface area contributed by atoms with Crippen LogP contribution in [0.1, 0.15) is 15.9 Å². The van der Waals surface area contributed by atoms with Gasteiger partial charge in [-0.1, -0.05) is 54.1 Å². The molecule has 0 spiro atoms. The number of halogens is 1. The first-order chi connectivity index (χ1) is 12.5. The third-order valence-corrected chi connectivity index (χ3v) is 6.72. The molecule has 0 radical (unpaired) electrons. The van der Waals surface area contributed by atoms with Gasteiger partial charge in [0.2, 0.25) is 10.0 Å². The summed E-state index contributed by atoms with van der Waals surface area (Å²) >= 11 is 6.09. The van der Waals surface area contributed by atoms with Crippen LogP contribution in [-0.4, -0.2) is 55.5 Å². The molecule has 0 unspecified atom stereocenters. The molecule has 0 saturated carbocycles. The lowest BCUT2D eigenvalue weighted by Gasteiger charge is -2.34. The van der Waals surface area contributed by atoms with E-state index in [2.05, 4.69) is 0 Å². The summed E-state index contributed by atoms with van der Waals surface area (Å²) in [6.45, 7) is 1.36.